The summed E-state index contributed by atoms with van der Waals surface area (Å²) >= 11 is 1.62. The number of carbonyl (C=O) groups excluding carboxylic acids is 1. The molecule has 2 nitrogen and oxygen atoms in total. The first-order chi connectivity index (χ1) is 10.4. The SMILES string of the molecule is O=C(CCC1=CCC(C(F)(F)F)C=C1)NCCc1ccsc1. The van der Waals surface area contributed by atoms with E-state index in [0.717, 1.165) is 12.0 Å². The summed E-state index contributed by atoms with van der Waals surface area (Å²) in [4.78, 5) is 11.7. The molecule has 22 heavy (non-hydrogen) atoms. The molecule has 0 fully saturated rings. The number of halogens is 3. The van der Waals surface area contributed by atoms with Gasteiger partial charge in [0.25, 0.3) is 0 Å². The Morgan fingerprint density at radius 1 is 1.36 bits per heavy atom. The van der Waals surface area contributed by atoms with Crippen LogP contribution >= 0.6 is 11.3 Å². The molecule has 0 bridgehead atoms. The molecule has 0 aromatic carbocycles. The fourth-order valence-electron chi connectivity index (χ4n) is 2.22. The van der Waals surface area contributed by atoms with E-state index >= 15 is 0 Å². The number of allylic oxidation sites excluding steroid dienone is 4. The molecule has 0 saturated carbocycles. The Kier molecular flexibility index (Phi) is 5.83. The minimum atomic E-state index is -4.18. The molecule has 0 aliphatic heterocycles. The summed E-state index contributed by atoms with van der Waals surface area (Å²) in [5.41, 5.74) is 2.00. The lowest BCUT2D eigenvalue weighted by Crippen LogP contribution is -2.25. The molecule has 1 amide bonds. The second kappa shape index (κ2) is 7.63. The number of carbonyl (C=O) groups is 1. The molecule has 1 N–H and O–H groups in total. The molecule has 0 spiro atoms. The first-order valence-electron chi connectivity index (χ1n) is 7.17. The topological polar surface area (TPSA) is 29.1 Å². The van der Waals surface area contributed by atoms with Gasteiger partial charge < -0.3 is 5.32 Å². The predicted molar refractivity (Wildman–Crippen MR) is 81.7 cm³/mol. The van der Waals surface area contributed by atoms with E-state index in [-0.39, 0.29) is 12.3 Å². The molecular weight excluding hydrogens is 311 g/mol. The summed E-state index contributed by atoms with van der Waals surface area (Å²) in [5.74, 6) is -1.46. The first kappa shape index (κ1) is 16.8. The van der Waals surface area contributed by atoms with Gasteiger partial charge in [0.2, 0.25) is 5.91 Å². The van der Waals surface area contributed by atoms with Crippen molar-refractivity contribution in [2.45, 2.75) is 31.9 Å². The first-order valence-corrected chi connectivity index (χ1v) is 8.11. The van der Waals surface area contributed by atoms with E-state index in [0.29, 0.717) is 19.4 Å². The van der Waals surface area contributed by atoms with Crippen molar-refractivity contribution in [3.05, 3.63) is 46.2 Å². The van der Waals surface area contributed by atoms with Crippen LogP contribution in [0.2, 0.25) is 0 Å². The number of amides is 1. The van der Waals surface area contributed by atoms with Crippen molar-refractivity contribution in [2.75, 3.05) is 6.54 Å². The largest absolute Gasteiger partial charge is 0.395 e. The van der Waals surface area contributed by atoms with Crippen molar-refractivity contribution in [3.63, 3.8) is 0 Å². The van der Waals surface area contributed by atoms with Crippen LogP contribution in [0.5, 0.6) is 0 Å². The zero-order valence-corrected chi connectivity index (χ0v) is 12.8. The maximum Gasteiger partial charge on any atom is 0.395 e. The van der Waals surface area contributed by atoms with Gasteiger partial charge in [-0.1, -0.05) is 23.8 Å². The van der Waals surface area contributed by atoms with Gasteiger partial charge in [-0.05, 0) is 41.7 Å². The van der Waals surface area contributed by atoms with E-state index in [9.17, 15) is 18.0 Å². The molecule has 6 heteroatoms. The van der Waals surface area contributed by atoms with Gasteiger partial charge in [0.15, 0.2) is 0 Å². The van der Waals surface area contributed by atoms with Crippen molar-refractivity contribution in [1.29, 1.82) is 0 Å². The van der Waals surface area contributed by atoms with E-state index in [4.69, 9.17) is 0 Å². The Hall–Kier alpha value is -1.56. The van der Waals surface area contributed by atoms with E-state index in [1.807, 2.05) is 16.8 Å². The van der Waals surface area contributed by atoms with Crippen LogP contribution in [0.1, 0.15) is 24.8 Å². The van der Waals surface area contributed by atoms with Gasteiger partial charge in [-0.2, -0.15) is 24.5 Å². The quantitative estimate of drug-likeness (QED) is 0.830. The standard InChI is InChI=1S/C16H18F3NOS/c17-16(18,19)14-4-1-12(2-5-14)3-6-15(21)20-9-7-13-8-10-22-11-13/h1-2,4,8,10-11,14H,3,5-7,9H2,(H,20,21). The van der Waals surface area contributed by atoms with Gasteiger partial charge in [0, 0.05) is 13.0 Å². The zero-order chi connectivity index (χ0) is 16.0. The lowest BCUT2D eigenvalue weighted by atomic mass is 9.94. The lowest BCUT2D eigenvalue weighted by molar-refractivity contribution is -0.160. The average Bonchev–Trinajstić information content (AvgIpc) is 2.98. The summed E-state index contributed by atoms with van der Waals surface area (Å²) in [7, 11) is 0. The average molecular weight is 329 g/mol. The third-order valence-corrected chi connectivity index (χ3v) is 4.29. The summed E-state index contributed by atoms with van der Waals surface area (Å²) in [5, 5.41) is 6.86. The number of hydrogen-bond acceptors (Lipinski definition) is 2. The number of thiophene rings is 1. The summed E-state index contributed by atoms with van der Waals surface area (Å²) in [6.45, 7) is 0.584. The Bertz CT molecular complexity index is 546. The van der Waals surface area contributed by atoms with Gasteiger partial charge in [-0.3, -0.25) is 4.79 Å². The molecule has 1 aliphatic carbocycles. The van der Waals surface area contributed by atoms with E-state index in [2.05, 4.69) is 5.32 Å². The maximum absolute atomic E-state index is 12.5. The van der Waals surface area contributed by atoms with Crippen LogP contribution in [0.4, 0.5) is 13.2 Å². The van der Waals surface area contributed by atoms with Crippen LogP contribution in [-0.4, -0.2) is 18.6 Å². The molecule has 1 unspecified atom stereocenters. The molecular formula is C16H18F3NOS. The van der Waals surface area contributed by atoms with Crippen molar-refractivity contribution >= 4 is 17.2 Å². The second-order valence-corrected chi connectivity index (χ2v) is 6.03. The molecule has 1 aromatic rings. The predicted octanol–water partition coefficient (Wildman–Crippen LogP) is 4.25. The molecule has 1 aliphatic rings. The fourth-order valence-corrected chi connectivity index (χ4v) is 2.92. The smallest absolute Gasteiger partial charge is 0.356 e. The molecule has 120 valence electrons. The highest BCUT2D eigenvalue weighted by molar-refractivity contribution is 7.07. The highest BCUT2D eigenvalue weighted by Gasteiger charge is 2.37. The van der Waals surface area contributed by atoms with Crippen LogP contribution in [0.25, 0.3) is 0 Å². The number of nitrogens with one attached hydrogen (secondary N) is 1. The lowest BCUT2D eigenvalue weighted by Gasteiger charge is -2.19. The van der Waals surface area contributed by atoms with Crippen LogP contribution in [0.15, 0.2) is 40.6 Å². The monoisotopic (exact) mass is 329 g/mol. The van der Waals surface area contributed by atoms with Crippen molar-refractivity contribution in [2.24, 2.45) is 5.92 Å². The minimum Gasteiger partial charge on any atom is -0.356 e. The highest BCUT2D eigenvalue weighted by Crippen LogP contribution is 2.33. The second-order valence-electron chi connectivity index (χ2n) is 5.25. The van der Waals surface area contributed by atoms with Crippen molar-refractivity contribution in [1.82, 2.24) is 5.32 Å². The van der Waals surface area contributed by atoms with Crippen molar-refractivity contribution < 1.29 is 18.0 Å². The Morgan fingerprint density at radius 3 is 2.77 bits per heavy atom. The van der Waals surface area contributed by atoms with Crippen LogP contribution in [0.3, 0.4) is 0 Å². The van der Waals surface area contributed by atoms with E-state index in [1.54, 1.807) is 17.4 Å². The van der Waals surface area contributed by atoms with Crippen LogP contribution in [0, 0.1) is 5.92 Å². The summed E-state index contributed by atoms with van der Waals surface area (Å²) in [6.07, 6.45) is 1.61. The Morgan fingerprint density at radius 2 is 2.18 bits per heavy atom. The maximum atomic E-state index is 12.5. The van der Waals surface area contributed by atoms with Crippen LogP contribution < -0.4 is 5.32 Å². The minimum absolute atomic E-state index is 0.0326. The van der Waals surface area contributed by atoms with Crippen molar-refractivity contribution in [3.8, 4) is 0 Å². The molecule has 0 radical (unpaired) electrons. The normalized spacial score (nSPS) is 18.1. The van der Waals surface area contributed by atoms with Gasteiger partial charge >= 0.3 is 6.18 Å². The number of hydrogen-bond donors (Lipinski definition) is 1. The Labute approximate surface area is 131 Å². The third kappa shape index (κ3) is 5.33. The molecule has 1 heterocycles. The molecule has 0 saturated heterocycles. The highest BCUT2D eigenvalue weighted by atomic mass is 32.1. The zero-order valence-electron chi connectivity index (χ0n) is 12.0. The van der Waals surface area contributed by atoms with Gasteiger partial charge in [-0.15, -0.1) is 0 Å². The molecule has 1 atom stereocenters. The van der Waals surface area contributed by atoms with Gasteiger partial charge in [0.1, 0.15) is 0 Å². The summed E-state index contributed by atoms with van der Waals surface area (Å²) in [6, 6.07) is 2.02. The third-order valence-electron chi connectivity index (χ3n) is 3.55. The van der Waals surface area contributed by atoms with Gasteiger partial charge in [0.05, 0.1) is 5.92 Å². The molecule has 2 rings (SSSR count). The summed E-state index contributed by atoms with van der Waals surface area (Å²) < 4.78 is 37.5. The van der Waals surface area contributed by atoms with E-state index in [1.165, 1.54) is 17.7 Å². The van der Waals surface area contributed by atoms with Gasteiger partial charge in [-0.25, -0.2) is 0 Å². The van der Waals surface area contributed by atoms with E-state index < -0.39 is 12.1 Å². The fraction of sp³-hybridized carbons (Fsp3) is 0.438. The van der Waals surface area contributed by atoms with Crippen LogP contribution in [-0.2, 0) is 11.2 Å². The molecule has 1 aromatic heterocycles. The Balaban J connectivity index is 1.65. The number of rotatable bonds is 6. The number of alkyl halides is 3.